The van der Waals surface area contributed by atoms with Gasteiger partial charge in [-0.05, 0) is 35.9 Å². The molecule has 0 aliphatic rings. The zero-order valence-corrected chi connectivity index (χ0v) is 15.6. The fraction of sp³-hybridized carbons (Fsp3) is 0.263. The molecule has 0 amide bonds. The van der Waals surface area contributed by atoms with Crippen LogP contribution in [0.2, 0.25) is 0 Å². The van der Waals surface area contributed by atoms with Gasteiger partial charge < -0.3 is 9.47 Å². The Balaban J connectivity index is 1.74. The molecule has 0 N–H and O–H groups in total. The lowest BCUT2D eigenvalue weighted by Gasteiger charge is -2.22. The molecular weight excluding hydrogens is 355 g/mol. The van der Waals surface area contributed by atoms with Crippen LogP contribution < -0.4 is 4.90 Å². The quantitative estimate of drug-likeness (QED) is 0.446. The summed E-state index contributed by atoms with van der Waals surface area (Å²) in [5.74, 6) is 1.16. The maximum absolute atomic E-state index is 5.86. The average Bonchev–Trinajstić information content (AvgIpc) is 3.01. The van der Waals surface area contributed by atoms with Crippen molar-refractivity contribution in [1.29, 1.82) is 0 Å². The monoisotopic (exact) mass is 374 g/mol. The predicted octanol–water partition coefficient (Wildman–Crippen LogP) is 4.61. The van der Waals surface area contributed by atoms with Gasteiger partial charge in [0.2, 0.25) is 0 Å². The van der Waals surface area contributed by atoms with E-state index in [4.69, 9.17) is 23.2 Å². The van der Waals surface area contributed by atoms with Crippen LogP contribution in [0.5, 0.6) is 0 Å². The summed E-state index contributed by atoms with van der Waals surface area (Å²) < 4.78 is 2.00. The summed E-state index contributed by atoms with van der Waals surface area (Å²) in [6.45, 7) is 1.57. The molecule has 4 nitrogen and oxygen atoms in total. The third kappa shape index (κ3) is 4.33. The van der Waals surface area contributed by atoms with Crippen LogP contribution in [-0.2, 0) is 7.05 Å². The highest BCUT2D eigenvalue weighted by molar-refractivity contribution is 6.18. The lowest BCUT2D eigenvalue weighted by atomic mass is 10.2. The lowest BCUT2D eigenvalue weighted by Crippen LogP contribution is -2.27. The van der Waals surface area contributed by atoms with E-state index in [1.807, 2.05) is 54.5 Å². The molecule has 1 heterocycles. The fourth-order valence-electron chi connectivity index (χ4n) is 2.70. The lowest BCUT2D eigenvalue weighted by molar-refractivity contribution is 0.874. The number of aryl methyl sites for hydroxylation is 1. The minimum atomic E-state index is 0.579. The number of benzene rings is 2. The van der Waals surface area contributed by atoms with Crippen LogP contribution in [0.1, 0.15) is 5.56 Å². The number of hydrogen-bond acceptors (Lipinski definition) is 3. The number of anilines is 1. The van der Waals surface area contributed by atoms with Gasteiger partial charge in [-0.1, -0.05) is 12.1 Å². The third-order valence-corrected chi connectivity index (χ3v) is 4.38. The fourth-order valence-corrected chi connectivity index (χ4v) is 3.11. The van der Waals surface area contributed by atoms with Gasteiger partial charge in [-0.15, -0.1) is 23.2 Å². The van der Waals surface area contributed by atoms with Crippen molar-refractivity contribution in [3.63, 3.8) is 0 Å². The number of aromatic nitrogens is 2. The number of aliphatic imine (C=N–C) groups is 1. The van der Waals surface area contributed by atoms with E-state index in [2.05, 4.69) is 27.0 Å². The molecule has 0 saturated heterocycles. The summed E-state index contributed by atoms with van der Waals surface area (Å²) in [4.78, 5) is 11.1. The molecule has 0 saturated carbocycles. The molecule has 0 aliphatic heterocycles. The molecule has 0 unspecified atom stereocenters. The van der Waals surface area contributed by atoms with E-state index in [0.29, 0.717) is 11.8 Å². The van der Waals surface area contributed by atoms with Crippen molar-refractivity contribution < 1.29 is 0 Å². The van der Waals surface area contributed by atoms with Crippen molar-refractivity contribution >= 4 is 51.8 Å². The first-order valence-electron chi connectivity index (χ1n) is 8.13. The molecule has 6 heteroatoms. The Morgan fingerprint density at radius 1 is 1.08 bits per heavy atom. The van der Waals surface area contributed by atoms with Crippen LogP contribution in [-0.4, -0.2) is 40.6 Å². The van der Waals surface area contributed by atoms with Crippen molar-refractivity contribution in [3.05, 3.63) is 54.4 Å². The number of rotatable bonds is 7. The summed E-state index contributed by atoms with van der Waals surface area (Å²) in [7, 11) is 1.98. The smallest absolute Gasteiger partial charge is 0.0955 e. The van der Waals surface area contributed by atoms with Crippen LogP contribution in [0.3, 0.4) is 0 Å². The predicted molar refractivity (Wildman–Crippen MR) is 108 cm³/mol. The minimum Gasteiger partial charge on any atom is -0.369 e. The molecule has 0 aliphatic carbocycles. The summed E-state index contributed by atoms with van der Waals surface area (Å²) in [6.07, 6.45) is 3.67. The number of hydrogen-bond donors (Lipinski definition) is 0. The number of fused-ring (bicyclic) bond motifs is 1. The van der Waals surface area contributed by atoms with Gasteiger partial charge in [0.25, 0.3) is 0 Å². The van der Waals surface area contributed by atoms with Gasteiger partial charge >= 0.3 is 0 Å². The van der Waals surface area contributed by atoms with E-state index in [9.17, 15) is 0 Å². The van der Waals surface area contributed by atoms with Crippen LogP contribution in [0.25, 0.3) is 11.0 Å². The Morgan fingerprint density at radius 2 is 1.80 bits per heavy atom. The number of alkyl halides is 2. The van der Waals surface area contributed by atoms with Crippen molar-refractivity contribution in [2.24, 2.45) is 12.0 Å². The van der Waals surface area contributed by atoms with E-state index in [-0.39, 0.29) is 0 Å². The Labute approximate surface area is 157 Å². The number of imidazole rings is 1. The molecule has 130 valence electrons. The Hall–Kier alpha value is -2.04. The van der Waals surface area contributed by atoms with Crippen molar-refractivity contribution in [1.82, 2.24) is 9.55 Å². The Morgan fingerprint density at radius 3 is 2.48 bits per heavy atom. The maximum atomic E-state index is 5.86. The van der Waals surface area contributed by atoms with Gasteiger partial charge in [0.15, 0.2) is 0 Å². The SMILES string of the molecule is Cn1cnc2cc(N=Cc3ccc(N(CCCl)CCCl)cc3)ccc21. The molecule has 3 aromatic rings. The summed E-state index contributed by atoms with van der Waals surface area (Å²) in [6, 6.07) is 14.3. The number of halogens is 2. The van der Waals surface area contributed by atoms with Gasteiger partial charge in [-0.3, -0.25) is 4.99 Å². The molecule has 1 aromatic heterocycles. The van der Waals surface area contributed by atoms with Crippen LogP contribution in [0, 0.1) is 0 Å². The molecule has 3 rings (SSSR count). The van der Waals surface area contributed by atoms with Crippen LogP contribution >= 0.6 is 23.2 Å². The van der Waals surface area contributed by atoms with Crippen molar-refractivity contribution in [2.75, 3.05) is 29.7 Å². The van der Waals surface area contributed by atoms with Gasteiger partial charge in [-0.2, -0.15) is 0 Å². The second-order valence-electron chi connectivity index (χ2n) is 5.74. The molecule has 0 atom stereocenters. The highest BCUT2D eigenvalue weighted by Crippen LogP contribution is 2.20. The Bertz CT molecular complexity index is 849. The zero-order chi connectivity index (χ0) is 17.6. The van der Waals surface area contributed by atoms with E-state index in [1.54, 1.807) is 0 Å². The minimum absolute atomic E-state index is 0.579. The molecule has 0 radical (unpaired) electrons. The van der Waals surface area contributed by atoms with Crippen LogP contribution in [0.4, 0.5) is 11.4 Å². The Kier molecular flexibility index (Phi) is 5.95. The van der Waals surface area contributed by atoms with Gasteiger partial charge in [0, 0.05) is 43.8 Å². The first kappa shape index (κ1) is 17.8. The first-order valence-corrected chi connectivity index (χ1v) is 9.20. The highest BCUT2D eigenvalue weighted by Gasteiger charge is 2.05. The second kappa shape index (κ2) is 8.37. The summed E-state index contributed by atoms with van der Waals surface area (Å²) >= 11 is 11.7. The van der Waals surface area contributed by atoms with E-state index >= 15 is 0 Å². The highest BCUT2D eigenvalue weighted by atomic mass is 35.5. The van der Waals surface area contributed by atoms with Crippen LogP contribution in [0.15, 0.2) is 53.8 Å². The molecule has 0 spiro atoms. The number of nitrogens with zero attached hydrogens (tertiary/aromatic N) is 4. The van der Waals surface area contributed by atoms with E-state index in [1.165, 1.54) is 0 Å². The van der Waals surface area contributed by atoms with E-state index < -0.39 is 0 Å². The van der Waals surface area contributed by atoms with Gasteiger partial charge in [0.05, 0.1) is 23.0 Å². The normalized spacial score (nSPS) is 11.5. The summed E-state index contributed by atoms with van der Waals surface area (Å²) in [5.41, 5.74) is 5.10. The molecule has 25 heavy (non-hydrogen) atoms. The average molecular weight is 375 g/mol. The molecule has 0 fully saturated rings. The van der Waals surface area contributed by atoms with Gasteiger partial charge in [0.1, 0.15) is 0 Å². The topological polar surface area (TPSA) is 33.4 Å². The van der Waals surface area contributed by atoms with Crippen molar-refractivity contribution in [2.45, 2.75) is 0 Å². The standard InChI is InChI=1S/C19H20Cl2N4/c1-24-14-23-18-12-16(4-7-19(18)24)22-13-15-2-5-17(6-3-15)25(10-8-20)11-9-21/h2-7,12-14H,8-11H2,1H3. The molecule has 2 aromatic carbocycles. The first-order chi connectivity index (χ1) is 12.2. The summed E-state index contributed by atoms with van der Waals surface area (Å²) in [5, 5.41) is 0. The van der Waals surface area contributed by atoms with Gasteiger partial charge in [-0.25, -0.2) is 4.98 Å². The zero-order valence-electron chi connectivity index (χ0n) is 14.1. The van der Waals surface area contributed by atoms with Crippen molar-refractivity contribution in [3.8, 4) is 0 Å². The molecular formula is C19H20Cl2N4. The molecule has 0 bridgehead atoms. The second-order valence-corrected chi connectivity index (χ2v) is 6.50. The third-order valence-electron chi connectivity index (χ3n) is 4.04. The maximum Gasteiger partial charge on any atom is 0.0955 e. The largest absolute Gasteiger partial charge is 0.369 e. The van der Waals surface area contributed by atoms with E-state index in [0.717, 1.165) is 41.1 Å².